The van der Waals surface area contributed by atoms with Gasteiger partial charge in [0.2, 0.25) is 0 Å². The average Bonchev–Trinajstić information content (AvgIpc) is 2.19. The van der Waals surface area contributed by atoms with E-state index in [1.165, 1.54) is 19.3 Å². The minimum atomic E-state index is -0.585. The quantitative estimate of drug-likeness (QED) is 0.752. The largest absolute Gasteiger partial charge is 0.481 e. The summed E-state index contributed by atoms with van der Waals surface area (Å²) >= 11 is 0. The fraction of sp³-hybridized carbons (Fsp3) is 0.917. The van der Waals surface area contributed by atoms with Gasteiger partial charge in [0, 0.05) is 0 Å². The number of hydrogen-bond acceptors (Lipinski definition) is 1. The van der Waals surface area contributed by atoms with Crippen molar-refractivity contribution >= 4 is 5.97 Å². The maximum Gasteiger partial charge on any atom is 0.306 e. The Hall–Kier alpha value is -0.530. The van der Waals surface area contributed by atoms with E-state index >= 15 is 0 Å². The predicted molar refractivity (Wildman–Crippen MR) is 57.2 cm³/mol. The first-order valence-corrected chi connectivity index (χ1v) is 5.93. The number of carboxylic acids is 1. The molecule has 0 saturated heterocycles. The third-order valence-corrected chi connectivity index (χ3v) is 3.77. The van der Waals surface area contributed by atoms with Gasteiger partial charge < -0.3 is 5.11 Å². The van der Waals surface area contributed by atoms with Crippen LogP contribution in [-0.4, -0.2) is 11.1 Å². The maximum atomic E-state index is 11.1. The second-order valence-electron chi connectivity index (χ2n) is 4.47. The van der Waals surface area contributed by atoms with E-state index < -0.39 is 5.97 Å². The van der Waals surface area contributed by atoms with E-state index in [0.717, 1.165) is 19.3 Å². The van der Waals surface area contributed by atoms with Gasteiger partial charge in [0.1, 0.15) is 0 Å². The molecule has 82 valence electrons. The van der Waals surface area contributed by atoms with Crippen molar-refractivity contribution in [3.05, 3.63) is 0 Å². The van der Waals surface area contributed by atoms with Crippen LogP contribution in [-0.2, 0) is 4.79 Å². The van der Waals surface area contributed by atoms with Crippen molar-refractivity contribution in [3.63, 3.8) is 0 Å². The third kappa shape index (κ3) is 2.49. The van der Waals surface area contributed by atoms with Crippen LogP contribution in [0.4, 0.5) is 0 Å². The summed E-state index contributed by atoms with van der Waals surface area (Å²) in [4.78, 5) is 11.1. The Balaban J connectivity index is 2.65. The molecule has 1 aliphatic rings. The zero-order valence-electron chi connectivity index (χ0n) is 9.33. The lowest BCUT2D eigenvalue weighted by Crippen LogP contribution is -2.31. The maximum absolute atomic E-state index is 11.1. The molecule has 1 saturated carbocycles. The van der Waals surface area contributed by atoms with E-state index in [4.69, 9.17) is 5.11 Å². The first-order valence-electron chi connectivity index (χ1n) is 5.93. The van der Waals surface area contributed by atoms with Crippen molar-refractivity contribution < 1.29 is 9.90 Å². The minimum absolute atomic E-state index is 0.0970. The fourth-order valence-corrected chi connectivity index (χ4v) is 2.93. The number of rotatable bonds is 4. The molecule has 0 amide bonds. The topological polar surface area (TPSA) is 37.3 Å². The second-order valence-corrected chi connectivity index (χ2v) is 4.47. The van der Waals surface area contributed by atoms with Crippen LogP contribution in [0.15, 0.2) is 0 Å². The highest BCUT2D eigenvalue weighted by atomic mass is 16.4. The molecule has 3 unspecified atom stereocenters. The summed E-state index contributed by atoms with van der Waals surface area (Å²) in [6.07, 6.45) is 6.83. The predicted octanol–water partition coefficient (Wildman–Crippen LogP) is 3.31. The SMILES string of the molecule is CCC1CCCCC1C(CC)C(=O)O. The molecule has 14 heavy (non-hydrogen) atoms. The van der Waals surface area contributed by atoms with Gasteiger partial charge in [0.25, 0.3) is 0 Å². The van der Waals surface area contributed by atoms with Gasteiger partial charge >= 0.3 is 5.97 Å². The first kappa shape index (κ1) is 11.5. The monoisotopic (exact) mass is 198 g/mol. The number of hydrogen-bond donors (Lipinski definition) is 1. The lowest BCUT2D eigenvalue weighted by atomic mass is 9.70. The van der Waals surface area contributed by atoms with Gasteiger partial charge in [-0.1, -0.05) is 39.5 Å². The highest BCUT2D eigenvalue weighted by Crippen LogP contribution is 2.38. The van der Waals surface area contributed by atoms with Crippen LogP contribution in [0.3, 0.4) is 0 Å². The average molecular weight is 198 g/mol. The lowest BCUT2D eigenvalue weighted by molar-refractivity contribution is -0.145. The van der Waals surface area contributed by atoms with Gasteiger partial charge in [-0.3, -0.25) is 4.79 Å². The third-order valence-electron chi connectivity index (χ3n) is 3.77. The molecule has 1 rings (SSSR count). The molecule has 0 aromatic heterocycles. The molecule has 0 bridgehead atoms. The van der Waals surface area contributed by atoms with Crippen molar-refractivity contribution in [2.24, 2.45) is 17.8 Å². The summed E-state index contributed by atoms with van der Waals surface area (Å²) in [6.45, 7) is 4.19. The van der Waals surface area contributed by atoms with E-state index in [-0.39, 0.29) is 5.92 Å². The highest BCUT2D eigenvalue weighted by molar-refractivity contribution is 5.70. The van der Waals surface area contributed by atoms with Crippen LogP contribution in [0, 0.1) is 17.8 Å². The summed E-state index contributed by atoms with van der Waals surface area (Å²) < 4.78 is 0. The Labute approximate surface area is 86.7 Å². The zero-order valence-corrected chi connectivity index (χ0v) is 9.33. The Bertz CT molecular complexity index is 189. The molecule has 0 heterocycles. The van der Waals surface area contributed by atoms with Crippen LogP contribution in [0.1, 0.15) is 52.4 Å². The van der Waals surface area contributed by atoms with Crippen molar-refractivity contribution in [2.75, 3.05) is 0 Å². The Morgan fingerprint density at radius 3 is 2.50 bits per heavy atom. The van der Waals surface area contributed by atoms with Crippen LogP contribution >= 0.6 is 0 Å². The Morgan fingerprint density at radius 1 is 1.36 bits per heavy atom. The van der Waals surface area contributed by atoms with E-state index in [0.29, 0.717) is 11.8 Å². The molecule has 3 atom stereocenters. The van der Waals surface area contributed by atoms with Gasteiger partial charge in [-0.15, -0.1) is 0 Å². The zero-order chi connectivity index (χ0) is 10.6. The smallest absolute Gasteiger partial charge is 0.306 e. The van der Waals surface area contributed by atoms with E-state index in [2.05, 4.69) is 6.92 Å². The van der Waals surface area contributed by atoms with Crippen LogP contribution in [0.25, 0.3) is 0 Å². The van der Waals surface area contributed by atoms with Crippen molar-refractivity contribution in [1.82, 2.24) is 0 Å². The van der Waals surface area contributed by atoms with Crippen LogP contribution in [0.2, 0.25) is 0 Å². The second kappa shape index (κ2) is 5.38. The van der Waals surface area contributed by atoms with Crippen molar-refractivity contribution in [3.8, 4) is 0 Å². The molecule has 0 aromatic rings. The van der Waals surface area contributed by atoms with Gasteiger partial charge in [0.15, 0.2) is 0 Å². The molecule has 2 heteroatoms. The summed E-state index contributed by atoms with van der Waals surface area (Å²) in [7, 11) is 0. The minimum Gasteiger partial charge on any atom is -0.481 e. The van der Waals surface area contributed by atoms with Crippen molar-refractivity contribution in [2.45, 2.75) is 52.4 Å². The molecule has 0 spiro atoms. The molecule has 1 fully saturated rings. The molecule has 0 aliphatic heterocycles. The Morgan fingerprint density at radius 2 is 2.00 bits per heavy atom. The number of carboxylic acid groups (broad SMARTS) is 1. The summed E-state index contributed by atoms with van der Waals surface area (Å²) in [6, 6.07) is 0. The fourth-order valence-electron chi connectivity index (χ4n) is 2.93. The van der Waals surface area contributed by atoms with Gasteiger partial charge in [-0.05, 0) is 24.7 Å². The van der Waals surface area contributed by atoms with Gasteiger partial charge in [0.05, 0.1) is 5.92 Å². The van der Waals surface area contributed by atoms with E-state index in [1.54, 1.807) is 0 Å². The lowest BCUT2D eigenvalue weighted by Gasteiger charge is -2.34. The molecule has 1 aliphatic carbocycles. The normalized spacial score (nSPS) is 29.9. The molecule has 0 radical (unpaired) electrons. The summed E-state index contributed by atoms with van der Waals surface area (Å²) in [5, 5.41) is 9.14. The standard InChI is InChI=1S/C12H22O2/c1-3-9-7-5-6-8-11(9)10(4-2)12(13)14/h9-11H,3-8H2,1-2H3,(H,13,14). The Kier molecular flexibility index (Phi) is 4.43. The van der Waals surface area contributed by atoms with Gasteiger partial charge in [-0.25, -0.2) is 0 Å². The molecular weight excluding hydrogens is 176 g/mol. The van der Waals surface area contributed by atoms with Crippen molar-refractivity contribution in [1.29, 1.82) is 0 Å². The van der Waals surface area contributed by atoms with Gasteiger partial charge in [-0.2, -0.15) is 0 Å². The molecule has 1 N–H and O–H groups in total. The number of carbonyl (C=O) groups is 1. The summed E-state index contributed by atoms with van der Waals surface area (Å²) in [5.74, 6) is 0.416. The van der Waals surface area contributed by atoms with Crippen LogP contribution in [0.5, 0.6) is 0 Å². The summed E-state index contributed by atoms with van der Waals surface area (Å²) in [5.41, 5.74) is 0. The van der Waals surface area contributed by atoms with E-state index in [1.807, 2.05) is 6.92 Å². The van der Waals surface area contributed by atoms with E-state index in [9.17, 15) is 4.79 Å². The molecular formula is C12H22O2. The molecule has 0 aromatic carbocycles. The molecule has 2 nitrogen and oxygen atoms in total. The number of aliphatic carboxylic acids is 1. The first-order chi connectivity index (χ1) is 6.70. The highest BCUT2D eigenvalue weighted by Gasteiger charge is 2.33. The van der Waals surface area contributed by atoms with Crippen LogP contribution < -0.4 is 0 Å².